The van der Waals surface area contributed by atoms with Crippen LogP contribution in [-0.4, -0.2) is 20.2 Å². The Labute approximate surface area is 325 Å². The van der Waals surface area contributed by atoms with Crippen LogP contribution in [0.1, 0.15) is 17.8 Å². The molecule has 1 unspecified atom stereocenters. The molecule has 10 rings (SSSR count). The number of allylic oxidation sites excluding steroid dienone is 3. The third-order valence-corrected chi connectivity index (χ3v) is 11.8. The average molecular weight is 722 g/mol. The van der Waals surface area contributed by atoms with Gasteiger partial charge in [-0.3, -0.25) is 0 Å². The molecule has 0 bridgehead atoms. The highest BCUT2D eigenvalue weighted by Crippen LogP contribution is 2.52. The lowest BCUT2D eigenvalue weighted by Gasteiger charge is -2.19. The average Bonchev–Trinajstić information content (AvgIpc) is 3.66. The summed E-state index contributed by atoms with van der Waals surface area (Å²) in [5.74, 6) is 2.06. The largest absolute Gasteiger partial charge is 0.208 e. The lowest BCUT2D eigenvalue weighted by Crippen LogP contribution is -2.09. The molecule has 55 heavy (non-hydrogen) atoms. The van der Waals surface area contributed by atoms with Crippen LogP contribution in [0.2, 0.25) is 0 Å². The van der Waals surface area contributed by atoms with Crippen molar-refractivity contribution in [3.63, 3.8) is 0 Å². The molecule has 4 heteroatoms. The third-order valence-electron chi connectivity index (χ3n) is 10.5. The monoisotopic (exact) mass is 721 g/mol. The predicted molar refractivity (Wildman–Crippen MR) is 229 cm³/mol. The van der Waals surface area contributed by atoms with Crippen molar-refractivity contribution < 1.29 is 0 Å². The highest BCUT2D eigenvalue weighted by molar-refractivity contribution is 8.00. The van der Waals surface area contributed by atoms with E-state index in [1.165, 1.54) is 60.5 Å². The summed E-state index contributed by atoms with van der Waals surface area (Å²) >= 11 is 1.94. The van der Waals surface area contributed by atoms with Crippen molar-refractivity contribution in [1.82, 2.24) is 15.0 Å². The van der Waals surface area contributed by atoms with Gasteiger partial charge < -0.3 is 0 Å². The minimum atomic E-state index is 0.294. The number of benzene rings is 7. The molecule has 8 aromatic rings. The molecule has 0 amide bonds. The number of fused-ring (bicyclic) bond motifs is 3. The van der Waals surface area contributed by atoms with Crippen LogP contribution < -0.4 is 0 Å². The molecular formula is C51H35N3S. The van der Waals surface area contributed by atoms with Crippen LogP contribution in [-0.2, 0) is 0 Å². The fraction of sp³-hybridized carbons (Fsp3) is 0.0392. The minimum Gasteiger partial charge on any atom is -0.208 e. The Morgan fingerprint density at radius 3 is 1.49 bits per heavy atom. The molecule has 1 aromatic heterocycles. The highest BCUT2D eigenvalue weighted by atomic mass is 32.2. The summed E-state index contributed by atoms with van der Waals surface area (Å²) in [4.78, 5) is 16.5. The molecule has 7 aromatic carbocycles. The summed E-state index contributed by atoms with van der Waals surface area (Å²) in [5.41, 5.74) is 15.2. The van der Waals surface area contributed by atoms with Crippen molar-refractivity contribution in [3.05, 3.63) is 206 Å². The number of rotatable bonds is 7. The van der Waals surface area contributed by atoms with Gasteiger partial charge in [0.2, 0.25) is 0 Å². The van der Waals surface area contributed by atoms with E-state index in [-0.39, 0.29) is 0 Å². The number of thioether (sulfide) groups is 1. The Kier molecular flexibility index (Phi) is 8.59. The summed E-state index contributed by atoms with van der Waals surface area (Å²) in [7, 11) is 0. The number of nitrogens with zero attached hydrogens (tertiary/aromatic N) is 3. The van der Waals surface area contributed by atoms with Crippen molar-refractivity contribution in [2.24, 2.45) is 0 Å². The first kappa shape index (κ1) is 33.0. The standard InChI is InChI=1S/C51H35N3S/c1-4-14-34(15-5-1)35-26-28-36(29-27-35)39-20-12-21-40(32-39)42-22-10-11-23-43(42)41-30-31-46-45(33-41)48-44(24-13-25-47(48)55-46)51-53-49(37-16-6-2-7-17-37)52-50(54-51)38-18-8-3-9-19-38/h1-24,26-33,47H,25H2. The Bertz CT molecular complexity index is 2680. The molecule has 1 atom stereocenters. The van der Waals surface area contributed by atoms with E-state index in [0.717, 1.165) is 23.1 Å². The summed E-state index contributed by atoms with van der Waals surface area (Å²) < 4.78 is 0. The van der Waals surface area contributed by atoms with Gasteiger partial charge in [-0.05, 0) is 80.3 Å². The Morgan fingerprint density at radius 1 is 0.382 bits per heavy atom. The SMILES string of the molecule is C1=CC(c2nc(-c3ccccc3)nc(-c3ccccc3)n2)=C2c3cc(-c4ccccc4-c4cccc(-c5ccc(-c6ccccc6)cc5)c4)ccc3SC2C1. The number of hydrogen-bond acceptors (Lipinski definition) is 4. The van der Waals surface area contributed by atoms with Crippen LogP contribution in [0.4, 0.5) is 0 Å². The first-order valence-corrected chi connectivity index (χ1v) is 19.6. The van der Waals surface area contributed by atoms with Gasteiger partial charge in [0.1, 0.15) is 0 Å². The topological polar surface area (TPSA) is 38.7 Å². The van der Waals surface area contributed by atoms with E-state index in [1.54, 1.807) is 0 Å². The van der Waals surface area contributed by atoms with Crippen LogP contribution in [0.3, 0.4) is 0 Å². The van der Waals surface area contributed by atoms with E-state index in [2.05, 4.69) is 158 Å². The van der Waals surface area contributed by atoms with Gasteiger partial charge in [0.15, 0.2) is 17.5 Å². The fourth-order valence-corrected chi connectivity index (χ4v) is 9.07. The molecule has 0 N–H and O–H groups in total. The lowest BCUT2D eigenvalue weighted by molar-refractivity contribution is 1.02. The molecule has 0 radical (unpaired) electrons. The van der Waals surface area contributed by atoms with Gasteiger partial charge in [-0.25, -0.2) is 15.0 Å². The Balaban J connectivity index is 1.05. The maximum Gasteiger partial charge on any atom is 0.164 e. The quantitative estimate of drug-likeness (QED) is 0.164. The first-order chi connectivity index (χ1) is 27.2. The van der Waals surface area contributed by atoms with Gasteiger partial charge >= 0.3 is 0 Å². The van der Waals surface area contributed by atoms with Crippen molar-refractivity contribution >= 4 is 22.9 Å². The molecule has 2 heterocycles. The molecule has 2 aliphatic rings. The van der Waals surface area contributed by atoms with Crippen LogP contribution in [0.15, 0.2) is 199 Å². The third kappa shape index (κ3) is 6.41. The normalized spacial score (nSPS) is 14.4. The first-order valence-electron chi connectivity index (χ1n) is 18.7. The van der Waals surface area contributed by atoms with Crippen LogP contribution in [0.25, 0.3) is 78.4 Å². The van der Waals surface area contributed by atoms with Crippen molar-refractivity contribution in [2.45, 2.75) is 16.6 Å². The van der Waals surface area contributed by atoms with Crippen LogP contribution in [0.5, 0.6) is 0 Å². The second kappa shape index (κ2) is 14.3. The van der Waals surface area contributed by atoms with Crippen molar-refractivity contribution in [1.29, 1.82) is 0 Å². The van der Waals surface area contributed by atoms with Crippen LogP contribution in [0, 0.1) is 0 Å². The molecule has 1 aliphatic carbocycles. The van der Waals surface area contributed by atoms with Crippen molar-refractivity contribution in [3.8, 4) is 67.3 Å². The zero-order valence-electron chi connectivity index (χ0n) is 30.0. The zero-order valence-corrected chi connectivity index (χ0v) is 30.8. The molecular weight excluding hydrogens is 687 g/mol. The molecule has 0 spiro atoms. The van der Waals surface area contributed by atoms with E-state index >= 15 is 0 Å². The second-order valence-electron chi connectivity index (χ2n) is 13.9. The molecule has 260 valence electrons. The lowest BCUT2D eigenvalue weighted by atomic mass is 9.88. The second-order valence-corrected chi connectivity index (χ2v) is 15.1. The summed E-state index contributed by atoms with van der Waals surface area (Å²) in [6.45, 7) is 0. The minimum absolute atomic E-state index is 0.294. The number of hydrogen-bond donors (Lipinski definition) is 0. The predicted octanol–water partition coefficient (Wildman–Crippen LogP) is 13.2. The van der Waals surface area contributed by atoms with Crippen LogP contribution >= 0.6 is 11.8 Å². The zero-order chi connectivity index (χ0) is 36.6. The molecule has 0 fully saturated rings. The maximum atomic E-state index is 5.13. The number of aromatic nitrogens is 3. The maximum absolute atomic E-state index is 5.13. The van der Waals surface area contributed by atoms with Gasteiger partial charge in [-0.1, -0.05) is 176 Å². The fourth-order valence-electron chi connectivity index (χ4n) is 7.74. The summed E-state index contributed by atoms with van der Waals surface area (Å²) in [6.07, 6.45) is 5.46. The summed E-state index contributed by atoms with van der Waals surface area (Å²) in [6, 6.07) is 64.5. The highest BCUT2D eigenvalue weighted by Gasteiger charge is 2.33. The Hall–Kier alpha value is -6.62. The van der Waals surface area contributed by atoms with E-state index < -0.39 is 0 Å². The molecule has 0 saturated carbocycles. The van der Waals surface area contributed by atoms with Gasteiger partial charge in [0.05, 0.1) is 0 Å². The van der Waals surface area contributed by atoms with Gasteiger partial charge in [0.25, 0.3) is 0 Å². The van der Waals surface area contributed by atoms with E-state index in [9.17, 15) is 0 Å². The molecule has 0 saturated heterocycles. The van der Waals surface area contributed by atoms with Gasteiger partial charge in [0, 0.05) is 26.8 Å². The van der Waals surface area contributed by atoms with E-state index in [1.807, 2.05) is 48.2 Å². The van der Waals surface area contributed by atoms with Gasteiger partial charge in [-0.15, -0.1) is 11.8 Å². The molecule has 1 aliphatic heterocycles. The van der Waals surface area contributed by atoms with E-state index in [0.29, 0.717) is 22.7 Å². The van der Waals surface area contributed by atoms with E-state index in [4.69, 9.17) is 15.0 Å². The van der Waals surface area contributed by atoms with Gasteiger partial charge in [-0.2, -0.15) is 0 Å². The summed E-state index contributed by atoms with van der Waals surface area (Å²) in [5, 5.41) is 0.294. The smallest absolute Gasteiger partial charge is 0.164 e. The Morgan fingerprint density at radius 2 is 0.855 bits per heavy atom. The van der Waals surface area contributed by atoms with Crippen molar-refractivity contribution in [2.75, 3.05) is 0 Å². The molecule has 3 nitrogen and oxygen atoms in total.